The van der Waals surface area contributed by atoms with E-state index in [-0.39, 0.29) is 35.5 Å². The van der Waals surface area contributed by atoms with Crippen LogP contribution in [-0.2, 0) is 0 Å². The molecule has 5 N–H and O–H groups in total. The van der Waals surface area contributed by atoms with Gasteiger partial charge >= 0.3 is 0 Å². The van der Waals surface area contributed by atoms with Crippen LogP contribution in [0, 0.1) is 12.8 Å². The standard InChI is InChI=1S/C23H32O9/c1-12-6-14(20(26)13(2)10-24)9-18(31-5)23(12)32-19(11-25)21(27)15-7-16(29-3)22(28)17(8-15)30-4/h6-9,13,19-21,24-28H,10-11H2,1-5H3/t13-,19?,20?,21?/m1/s1. The Labute approximate surface area is 187 Å². The van der Waals surface area contributed by atoms with Gasteiger partial charge in [-0.1, -0.05) is 6.92 Å². The van der Waals surface area contributed by atoms with Crippen molar-refractivity contribution in [2.24, 2.45) is 5.92 Å². The summed E-state index contributed by atoms with van der Waals surface area (Å²) in [6.45, 7) is 2.75. The molecule has 0 aliphatic carbocycles. The Bertz CT molecular complexity index is 874. The minimum Gasteiger partial charge on any atom is -0.502 e. The fourth-order valence-corrected chi connectivity index (χ4v) is 3.32. The summed E-state index contributed by atoms with van der Waals surface area (Å²) in [5, 5.41) is 50.7. The molecule has 0 aliphatic heterocycles. The normalized spacial score (nSPS) is 14.9. The van der Waals surface area contributed by atoms with Crippen LogP contribution in [0.4, 0.5) is 0 Å². The number of hydrogen-bond acceptors (Lipinski definition) is 9. The summed E-state index contributed by atoms with van der Waals surface area (Å²) < 4.78 is 21.6. The van der Waals surface area contributed by atoms with Gasteiger partial charge in [-0.25, -0.2) is 0 Å². The van der Waals surface area contributed by atoms with Crippen molar-refractivity contribution in [3.8, 4) is 28.7 Å². The van der Waals surface area contributed by atoms with E-state index in [1.165, 1.54) is 33.5 Å². The summed E-state index contributed by atoms with van der Waals surface area (Å²) in [4.78, 5) is 0. The first kappa shape index (κ1) is 25.5. The molecule has 2 aromatic carbocycles. The minimum atomic E-state index is -1.30. The van der Waals surface area contributed by atoms with Gasteiger partial charge in [0, 0.05) is 12.5 Å². The largest absolute Gasteiger partial charge is 0.502 e. The number of benzene rings is 2. The highest BCUT2D eigenvalue weighted by atomic mass is 16.5. The van der Waals surface area contributed by atoms with Crippen LogP contribution < -0.4 is 18.9 Å². The van der Waals surface area contributed by atoms with Gasteiger partial charge in [0.15, 0.2) is 29.1 Å². The van der Waals surface area contributed by atoms with E-state index in [4.69, 9.17) is 18.9 Å². The molecular formula is C23H32O9. The van der Waals surface area contributed by atoms with E-state index < -0.39 is 24.9 Å². The molecule has 0 heterocycles. The maximum Gasteiger partial charge on any atom is 0.200 e. The zero-order valence-corrected chi connectivity index (χ0v) is 18.9. The summed E-state index contributed by atoms with van der Waals surface area (Å²) in [5.74, 6) is 0.195. The number of phenolic OH excluding ortho intramolecular Hbond substituents is 1. The van der Waals surface area contributed by atoms with Gasteiger partial charge in [0.1, 0.15) is 6.10 Å². The lowest BCUT2D eigenvalue weighted by Gasteiger charge is -2.26. The number of aromatic hydroxyl groups is 1. The van der Waals surface area contributed by atoms with Gasteiger partial charge in [0.25, 0.3) is 0 Å². The number of ether oxygens (including phenoxy) is 4. The number of methoxy groups -OCH3 is 3. The van der Waals surface area contributed by atoms with Gasteiger partial charge < -0.3 is 44.5 Å². The highest BCUT2D eigenvalue weighted by Crippen LogP contribution is 2.41. The Morgan fingerprint density at radius 3 is 1.75 bits per heavy atom. The molecule has 3 unspecified atom stereocenters. The van der Waals surface area contributed by atoms with Crippen molar-refractivity contribution >= 4 is 0 Å². The number of hydrogen-bond donors (Lipinski definition) is 5. The van der Waals surface area contributed by atoms with Crippen molar-refractivity contribution in [2.75, 3.05) is 34.5 Å². The van der Waals surface area contributed by atoms with Crippen LogP contribution in [0.15, 0.2) is 24.3 Å². The average Bonchev–Trinajstić information content (AvgIpc) is 2.81. The van der Waals surface area contributed by atoms with Crippen LogP contribution in [0.1, 0.15) is 35.8 Å². The molecule has 0 spiro atoms. The number of aliphatic hydroxyl groups excluding tert-OH is 4. The summed E-state index contributed by atoms with van der Waals surface area (Å²) in [7, 11) is 4.17. The Kier molecular flexibility index (Phi) is 8.97. The lowest BCUT2D eigenvalue weighted by atomic mass is 9.96. The third kappa shape index (κ3) is 5.36. The third-order valence-corrected chi connectivity index (χ3v) is 5.30. The molecule has 4 atom stereocenters. The van der Waals surface area contributed by atoms with E-state index in [0.29, 0.717) is 22.4 Å². The fourth-order valence-electron chi connectivity index (χ4n) is 3.32. The minimum absolute atomic E-state index is 0.0974. The van der Waals surface area contributed by atoms with E-state index in [2.05, 4.69) is 0 Å². The van der Waals surface area contributed by atoms with E-state index in [0.717, 1.165) is 0 Å². The van der Waals surface area contributed by atoms with Crippen molar-refractivity contribution in [2.45, 2.75) is 32.2 Å². The molecule has 32 heavy (non-hydrogen) atoms. The molecular weight excluding hydrogens is 420 g/mol. The van der Waals surface area contributed by atoms with Crippen LogP contribution in [0.3, 0.4) is 0 Å². The number of phenols is 1. The van der Waals surface area contributed by atoms with Crippen LogP contribution in [0.5, 0.6) is 28.7 Å². The third-order valence-electron chi connectivity index (χ3n) is 5.30. The average molecular weight is 453 g/mol. The summed E-state index contributed by atoms with van der Waals surface area (Å²) >= 11 is 0. The van der Waals surface area contributed by atoms with Crippen LogP contribution >= 0.6 is 0 Å². The second-order valence-electron chi connectivity index (χ2n) is 7.53. The topological polar surface area (TPSA) is 138 Å². The summed E-state index contributed by atoms with van der Waals surface area (Å²) in [6, 6.07) is 6.14. The van der Waals surface area contributed by atoms with Gasteiger partial charge in [-0.3, -0.25) is 0 Å². The van der Waals surface area contributed by atoms with Gasteiger partial charge in [0.05, 0.1) is 34.0 Å². The molecule has 178 valence electrons. The molecule has 0 bridgehead atoms. The van der Waals surface area contributed by atoms with E-state index in [9.17, 15) is 25.5 Å². The molecule has 0 amide bonds. The summed E-state index contributed by atoms with van der Waals surface area (Å²) in [5.41, 5.74) is 1.45. The maximum absolute atomic E-state index is 10.9. The highest BCUT2D eigenvalue weighted by molar-refractivity contribution is 5.53. The van der Waals surface area contributed by atoms with Crippen LogP contribution in [0.25, 0.3) is 0 Å². The molecule has 0 aliphatic rings. The van der Waals surface area contributed by atoms with Gasteiger partial charge in [0.2, 0.25) is 5.75 Å². The molecule has 9 heteroatoms. The summed E-state index contributed by atoms with van der Waals surface area (Å²) in [6.07, 6.45) is -3.29. The maximum atomic E-state index is 10.9. The lowest BCUT2D eigenvalue weighted by Crippen LogP contribution is -2.29. The predicted molar refractivity (Wildman–Crippen MR) is 117 cm³/mol. The fraction of sp³-hybridized carbons (Fsp3) is 0.478. The van der Waals surface area contributed by atoms with E-state index in [1.54, 1.807) is 26.0 Å². The number of aryl methyl sites for hydroxylation is 1. The molecule has 0 saturated heterocycles. The molecule has 0 radical (unpaired) electrons. The van der Waals surface area contributed by atoms with Crippen molar-refractivity contribution in [1.82, 2.24) is 0 Å². The Hall–Kier alpha value is -2.72. The monoisotopic (exact) mass is 452 g/mol. The molecule has 9 nitrogen and oxygen atoms in total. The van der Waals surface area contributed by atoms with Crippen molar-refractivity contribution in [1.29, 1.82) is 0 Å². The molecule has 2 rings (SSSR count). The smallest absolute Gasteiger partial charge is 0.200 e. The molecule has 0 aromatic heterocycles. The zero-order valence-electron chi connectivity index (χ0n) is 18.9. The SMILES string of the molecule is COc1cc(C(O)C(CO)Oc2c(C)cc(C(O)[C@H](C)CO)cc2OC)cc(OC)c1O. The van der Waals surface area contributed by atoms with E-state index >= 15 is 0 Å². The Morgan fingerprint density at radius 1 is 0.781 bits per heavy atom. The van der Waals surface area contributed by atoms with Crippen molar-refractivity contribution in [3.63, 3.8) is 0 Å². The van der Waals surface area contributed by atoms with Gasteiger partial charge in [-0.05, 0) is 47.9 Å². The van der Waals surface area contributed by atoms with Gasteiger partial charge in [-0.15, -0.1) is 0 Å². The van der Waals surface area contributed by atoms with Crippen molar-refractivity contribution < 1.29 is 44.5 Å². The molecule has 2 aromatic rings. The Morgan fingerprint density at radius 2 is 1.28 bits per heavy atom. The van der Waals surface area contributed by atoms with Gasteiger partial charge in [-0.2, -0.15) is 0 Å². The first-order valence-corrected chi connectivity index (χ1v) is 10.1. The first-order chi connectivity index (χ1) is 15.2. The van der Waals surface area contributed by atoms with E-state index in [1.807, 2.05) is 0 Å². The quantitative estimate of drug-likeness (QED) is 0.346. The van der Waals surface area contributed by atoms with Crippen LogP contribution in [-0.4, -0.2) is 66.2 Å². The molecule has 0 saturated carbocycles. The number of aliphatic hydroxyl groups is 4. The van der Waals surface area contributed by atoms with Crippen molar-refractivity contribution in [3.05, 3.63) is 41.0 Å². The lowest BCUT2D eigenvalue weighted by molar-refractivity contribution is -0.00105. The second kappa shape index (κ2) is 11.2. The zero-order chi connectivity index (χ0) is 24.0. The number of rotatable bonds is 11. The second-order valence-corrected chi connectivity index (χ2v) is 7.53. The molecule has 0 fully saturated rings. The Balaban J connectivity index is 2.40. The first-order valence-electron chi connectivity index (χ1n) is 10.1. The van der Waals surface area contributed by atoms with Crippen LogP contribution in [0.2, 0.25) is 0 Å². The predicted octanol–water partition coefficient (Wildman–Crippen LogP) is 1.86. The highest BCUT2D eigenvalue weighted by Gasteiger charge is 2.28.